The lowest BCUT2D eigenvalue weighted by Crippen LogP contribution is -2.39. The summed E-state index contributed by atoms with van der Waals surface area (Å²) in [5, 5.41) is 0. The Hall–Kier alpha value is -0.680. The molecule has 0 nitrogen and oxygen atoms in total. The maximum Gasteiger partial charge on any atom is 0.400 e. The summed E-state index contributed by atoms with van der Waals surface area (Å²) in [4.78, 5) is 0. The highest BCUT2D eigenvalue weighted by Gasteiger charge is 2.54. The van der Waals surface area contributed by atoms with Crippen LogP contribution in [0.25, 0.3) is 0 Å². The van der Waals surface area contributed by atoms with E-state index in [1.165, 1.54) is 0 Å². The van der Waals surface area contributed by atoms with Crippen LogP contribution in [0.5, 0.6) is 0 Å². The van der Waals surface area contributed by atoms with Crippen LogP contribution in [0.15, 0.2) is 12.7 Å². The fourth-order valence-electron chi connectivity index (χ4n) is 0.551. The van der Waals surface area contributed by atoms with Crippen molar-refractivity contribution >= 4 is 0 Å². The number of rotatable bonds is 3. The van der Waals surface area contributed by atoms with Crippen molar-refractivity contribution in [2.24, 2.45) is 5.92 Å². The number of hydrogen-bond acceptors (Lipinski definition) is 0. The van der Waals surface area contributed by atoms with E-state index < -0.39 is 24.7 Å². The zero-order chi connectivity index (χ0) is 9.99. The van der Waals surface area contributed by atoms with Gasteiger partial charge in [0.05, 0.1) is 0 Å². The van der Waals surface area contributed by atoms with Crippen molar-refractivity contribution in [3.63, 3.8) is 0 Å². The van der Waals surface area contributed by atoms with Crippen LogP contribution in [0.2, 0.25) is 0 Å². The predicted molar refractivity (Wildman–Crippen MR) is 30.7 cm³/mol. The molecule has 72 valence electrons. The maximum atomic E-state index is 12.2. The van der Waals surface area contributed by atoms with E-state index in [1.807, 2.05) is 0 Å². The van der Waals surface area contributed by atoms with Crippen LogP contribution >= 0.6 is 0 Å². The van der Waals surface area contributed by atoms with Gasteiger partial charge in [0.1, 0.15) is 6.67 Å². The van der Waals surface area contributed by atoms with Crippen molar-refractivity contribution in [3.8, 4) is 0 Å². The molecule has 6 heteroatoms. The van der Waals surface area contributed by atoms with E-state index in [4.69, 9.17) is 0 Å². The van der Waals surface area contributed by atoms with Gasteiger partial charge in [0, 0.05) is 0 Å². The van der Waals surface area contributed by atoms with Gasteiger partial charge in [0.15, 0.2) is 5.92 Å². The summed E-state index contributed by atoms with van der Waals surface area (Å²) < 4.78 is 71.0. The number of halogens is 6. The van der Waals surface area contributed by atoms with Crippen molar-refractivity contribution in [2.45, 2.75) is 12.1 Å². The molecule has 0 rings (SSSR count). The molecule has 0 heterocycles. The minimum absolute atomic E-state index is 0.204. The average Bonchev–Trinajstić information content (AvgIpc) is 1.85. The highest BCUT2D eigenvalue weighted by atomic mass is 19.4. The Morgan fingerprint density at radius 1 is 1.17 bits per heavy atom. The topological polar surface area (TPSA) is 0 Å². The van der Waals surface area contributed by atoms with Crippen LogP contribution in [0.4, 0.5) is 26.3 Å². The molecule has 0 amide bonds. The van der Waals surface area contributed by atoms with Gasteiger partial charge in [-0.1, -0.05) is 6.58 Å². The summed E-state index contributed by atoms with van der Waals surface area (Å²) in [6.07, 6.45) is -5.45. The van der Waals surface area contributed by atoms with Crippen molar-refractivity contribution in [1.29, 1.82) is 0 Å². The van der Waals surface area contributed by atoms with Gasteiger partial charge in [0.2, 0.25) is 0 Å². The van der Waals surface area contributed by atoms with E-state index in [9.17, 15) is 26.3 Å². The maximum absolute atomic E-state index is 12.2. The SMILES string of the molecule is C=CC(F)(F)C(CF)C(F)(F)F. The third-order valence-electron chi connectivity index (χ3n) is 1.29. The molecule has 0 aromatic rings. The van der Waals surface area contributed by atoms with Gasteiger partial charge < -0.3 is 0 Å². The molecule has 0 saturated heterocycles. The normalized spacial score (nSPS) is 15.8. The van der Waals surface area contributed by atoms with Gasteiger partial charge in [-0.25, -0.2) is 8.78 Å². The number of hydrogen-bond donors (Lipinski definition) is 0. The lowest BCUT2D eigenvalue weighted by molar-refractivity contribution is -0.230. The van der Waals surface area contributed by atoms with E-state index >= 15 is 0 Å². The van der Waals surface area contributed by atoms with Gasteiger partial charge in [-0.15, -0.1) is 0 Å². The lowest BCUT2D eigenvalue weighted by atomic mass is 10.0. The van der Waals surface area contributed by atoms with Crippen molar-refractivity contribution < 1.29 is 26.3 Å². The summed E-state index contributed by atoms with van der Waals surface area (Å²) in [6, 6.07) is 0. The molecule has 0 saturated carbocycles. The smallest absolute Gasteiger partial charge is 0.250 e. The molecular weight excluding hydrogens is 186 g/mol. The van der Waals surface area contributed by atoms with Crippen LogP contribution in [-0.4, -0.2) is 18.8 Å². The first kappa shape index (κ1) is 11.3. The van der Waals surface area contributed by atoms with Gasteiger partial charge in [-0.3, -0.25) is 4.39 Å². The summed E-state index contributed by atoms with van der Waals surface area (Å²) in [5.41, 5.74) is 0. The molecule has 1 atom stereocenters. The van der Waals surface area contributed by atoms with Crippen LogP contribution < -0.4 is 0 Å². The van der Waals surface area contributed by atoms with Crippen LogP contribution in [0.3, 0.4) is 0 Å². The quantitative estimate of drug-likeness (QED) is 0.476. The number of alkyl halides is 6. The van der Waals surface area contributed by atoms with E-state index in [2.05, 4.69) is 6.58 Å². The minimum Gasteiger partial charge on any atom is -0.250 e. The van der Waals surface area contributed by atoms with E-state index in [0.29, 0.717) is 0 Å². The summed E-state index contributed by atoms with van der Waals surface area (Å²) in [5.74, 6) is -7.53. The standard InChI is InChI=1S/C6H6F6/c1-2-5(8,9)4(3-7)6(10,11)12/h2,4H,1,3H2. The lowest BCUT2D eigenvalue weighted by Gasteiger charge is -2.23. The fourth-order valence-corrected chi connectivity index (χ4v) is 0.551. The van der Waals surface area contributed by atoms with E-state index in [0.717, 1.165) is 0 Å². The van der Waals surface area contributed by atoms with Crippen LogP contribution in [0, 0.1) is 5.92 Å². The first-order chi connectivity index (χ1) is 5.25. The Morgan fingerprint density at radius 2 is 1.58 bits per heavy atom. The minimum atomic E-state index is -5.24. The average molecular weight is 192 g/mol. The third-order valence-corrected chi connectivity index (χ3v) is 1.29. The van der Waals surface area contributed by atoms with Crippen molar-refractivity contribution in [2.75, 3.05) is 6.67 Å². The van der Waals surface area contributed by atoms with Crippen LogP contribution in [-0.2, 0) is 0 Å². The molecule has 0 aromatic heterocycles. The highest BCUT2D eigenvalue weighted by Crippen LogP contribution is 2.38. The summed E-state index contributed by atoms with van der Waals surface area (Å²) >= 11 is 0. The van der Waals surface area contributed by atoms with Gasteiger partial charge >= 0.3 is 6.18 Å². The van der Waals surface area contributed by atoms with Crippen LogP contribution in [0.1, 0.15) is 0 Å². The fraction of sp³-hybridized carbons (Fsp3) is 0.667. The van der Waals surface area contributed by atoms with Crippen molar-refractivity contribution in [1.82, 2.24) is 0 Å². The first-order valence-electron chi connectivity index (χ1n) is 2.89. The zero-order valence-electron chi connectivity index (χ0n) is 5.84. The van der Waals surface area contributed by atoms with E-state index in [1.54, 1.807) is 0 Å². The molecule has 0 aliphatic rings. The molecule has 0 fully saturated rings. The van der Waals surface area contributed by atoms with Gasteiger partial charge in [-0.05, 0) is 6.08 Å². The molecule has 0 bridgehead atoms. The summed E-state index contributed by atoms with van der Waals surface area (Å²) in [7, 11) is 0. The molecule has 0 aliphatic carbocycles. The Labute approximate surface area is 64.9 Å². The second kappa shape index (κ2) is 3.37. The molecule has 0 radical (unpaired) electrons. The largest absolute Gasteiger partial charge is 0.400 e. The second-order valence-corrected chi connectivity index (χ2v) is 2.13. The summed E-state index contributed by atoms with van der Waals surface area (Å²) in [6.45, 7) is 0.348. The molecular formula is C6H6F6. The molecule has 0 N–H and O–H groups in total. The third kappa shape index (κ3) is 2.42. The Balaban J connectivity index is 4.67. The molecule has 0 spiro atoms. The molecule has 1 unspecified atom stereocenters. The van der Waals surface area contributed by atoms with Gasteiger partial charge in [-0.2, -0.15) is 13.2 Å². The highest BCUT2D eigenvalue weighted by molar-refractivity contribution is 4.95. The predicted octanol–water partition coefficient (Wildman–Crippen LogP) is 2.96. The Bertz CT molecular complexity index is 158. The van der Waals surface area contributed by atoms with Crippen molar-refractivity contribution in [3.05, 3.63) is 12.7 Å². The number of allylic oxidation sites excluding steroid dienone is 1. The van der Waals surface area contributed by atoms with Gasteiger partial charge in [0.25, 0.3) is 5.92 Å². The first-order valence-corrected chi connectivity index (χ1v) is 2.89. The second-order valence-electron chi connectivity index (χ2n) is 2.13. The monoisotopic (exact) mass is 192 g/mol. The Morgan fingerprint density at radius 3 is 1.67 bits per heavy atom. The molecule has 0 aromatic carbocycles. The Kier molecular flexibility index (Phi) is 3.17. The molecule has 0 aliphatic heterocycles. The van der Waals surface area contributed by atoms with E-state index in [-0.39, 0.29) is 6.08 Å². The molecule has 12 heavy (non-hydrogen) atoms. The zero-order valence-corrected chi connectivity index (χ0v) is 5.84.